The van der Waals surface area contributed by atoms with Gasteiger partial charge in [-0.25, -0.2) is 9.97 Å². The van der Waals surface area contributed by atoms with E-state index >= 15 is 0 Å². The Balaban J connectivity index is 1.35. The summed E-state index contributed by atoms with van der Waals surface area (Å²) in [6.07, 6.45) is 3.42. The maximum absolute atomic E-state index is 13.2. The molecular weight excluding hydrogens is 454 g/mol. The highest BCUT2D eigenvalue weighted by atomic mass is 35.5. The number of fused-ring (bicyclic) bond motifs is 1. The Morgan fingerprint density at radius 1 is 1.21 bits per heavy atom. The van der Waals surface area contributed by atoms with E-state index in [0.29, 0.717) is 35.3 Å². The minimum Gasteiger partial charge on any atom is -0.381 e. The monoisotopic (exact) mass is 481 g/mol. The second-order valence-electron chi connectivity index (χ2n) is 9.89. The van der Waals surface area contributed by atoms with Gasteiger partial charge in [-0.15, -0.1) is 0 Å². The Bertz CT molecular complexity index is 1210. The van der Waals surface area contributed by atoms with E-state index in [9.17, 15) is 4.79 Å². The molecule has 4 heterocycles. The first-order valence-electron chi connectivity index (χ1n) is 11.5. The molecule has 0 radical (unpaired) electrons. The Labute approximate surface area is 203 Å². The van der Waals surface area contributed by atoms with E-state index in [-0.39, 0.29) is 17.4 Å². The van der Waals surface area contributed by atoms with Crippen molar-refractivity contribution in [2.75, 3.05) is 18.5 Å². The molecule has 1 saturated heterocycles. The van der Waals surface area contributed by atoms with Gasteiger partial charge in [0.2, 0.25) is 5.95 Å². The number of ether oxygens (including phenoxy) is 1. The molecule has 0 aliphatic carbocycles. The first-order valence-corrected chi connectivity index (χ1v) is 11.9. The number of amides is 1. The maximum Gasteiger partial charge on any atom is 0.254 e. The van der Waals surface area contributed by atoms with Crippen LogP contribution in [0.1, 0.15) is 61.0 Å². The molecule has 1 N–H and O–H groups in total. The zero-order valence-electron chi connectivity index (χ0n) is 19.6. The Hall–Kier alpha value is -2.97. The van der Waals surface area contributed by atoms with Crippen LogP contribution in [-0.4, -0.2) is 45.2 Å². The summed E-state index contributed by atoms with van der Waals surface area (Å²) in [5, 5.41) is 7.98. The Morgan fingerprint density at radius 2 is 2.00 bits per heavy atom. The number of benzene rings is 1. The van der Waals surface area contributed by atoms with Gasteiger partial charge in [-0.05, 0) is 24.5 Å². The molecule has 178 valence electrons. The van der Waals surface area contributed by atoms with E-state index in [4.69, 9.17) is 20.9 Å². The number of carbonyl (C=O) groups is 1. The zero-order valence-corrected chi connectivity index (χ0v) is 20.4. The van der Waals surface area contributed by atoms with Crippen molar-refractivity contribution in [1.82, 2.24) is 20.0 Å². The van der Waals surface area contributed by atoms with Gasteiger partial charge < -0.3 is 19.5 Å². The number of hydrogen-bond acceptors (Lipinski definition) is 7. The molecule has 0 unspecified atom stereocenters. The van der Waals surface area contributed by atoms with E-state index in [0.717, 1.165) is 48.6 Å². The third-order valence-electron chi connectivity index (χ3n) is 6.21. The highest BCUT2D eigenvalue weighted by Gasteiger charge is 2.30. The van der Waals surface area contributed by atoms with Gasteiger partial charge in [0.1, 0.15) is 11.5 Å². The van der Waals surface area contributed by atoms with Gasteiger partial charge in [0, 0.05) is 48.4 Å². The summed E-state index contributed by atoms with van der Waals surface area (Å²) < 4.78 is 10.9. The molecule has 9 heteroatoms. The molecule has 5 rings (SSSR count). The summed E-state index contributed by atoms with van der Waals surface area (Å²) in [5.41, 5.74) is 3.63. The van der Waals surface area contributed by atoms with Gasteiger partial charge in [-0.2, -0.15) is 0 Å². The van der Waals surface area contributed by atoms with E-state index < -0.39 is 0 Å². The predicted octanol–water partition coefficient (Wildman–Crippen LogP) is 4.83. The van der Waals surface area contributed by atoms with Crippen LogP contribution >= 0.6 is 11.6 Å². The normalized spacial score (nSPS) is 16.7. The highest BCUT2D eigenvalue weighted by molar-refractivity contribution is 6.33. The quantitative estimate of drug-likeness (QED) is 0.557. The fourth-order valence-electron chi connectivity index (χ4n) is 4.24. The SMILES string of the molecule is CC(C)(C)c1cc(CN2Cc3ccc(-c4nc(NC5CCOCC5)ncc4Cl)cc3C2=O)no1. The average Bonchev–Trinajstić information content (AvgIpc) is 3.41. The molecule has 3 aromatic rings. The lowest BCUT2D eigenvalue weighted by molar-refractivity contribution is 0.0763. The minimum absolute atomic E-state index is 0.0390. The summed E-state index contributed by atoms with van der Waals surface area (Å²) in [4.78, 5) is 24.0. The number of nitrogens with one attached hydrogen (secondary N) is 1. The number of halogens is 1. The van der Waals surface area contributed by atoms with E-state index in [2.05, 4.69) is 41.2 Å². The molecule has 8 nitrogen and oxygen atoms in total. The molecule has 2 aliphatic rings. The van der Waals surface area contributed by atoms with E-state index in [1.165, 1.54) is 0 Å². The van der Waals surface area contributed by atoms with Gasteiger partial charge in [-0.3, -0.25) is 4.79 Å². The van der Waals surface area contributed by atoms with Crippen LogP contribution < -0.4 is 5.32 Å². The maximum atomic E-state index is 13.2. The van der Waals surface area contributed by atoms with Gasteiger partial charge in [0.25, 0.3) is 5.91 Å². The molecule has 1 amide bonds. The largest absolute Gasteiger partial charge is 0.381 e. The van der Waals surface area contributed by atoms with Crippen LogP contribution in [0.5, 0.6) is 0 Å². The lowest BCUT2D eigenvalue weighted by atomic mass is 9.93. The number of aromatic nitrogens is 3. The summed E-state index contributed by atoms with van der Waals surface area (Å²) in [7, 11) is 0. The molecule has 34 heavy (non-hydrogen) atoms. The van der Waals surface area contributed by atoms with Gasteiger partial charge >= 0.3 is 0 Å². The van der Waals surface area contributed by atoms with Crippen molar-refractivity contribution in [3.05, 3.63) is 58.1 Å². The van der Waals surface area contributed by atoms with Crippen molar-refractivity contribution in [3.8, 4) is 11.3 Å². The lowest BCUT2D eigenvalue weighted by Gasteiger charge is -2.23. The summed E-state index contributed by atoms with van der Waals surface area (Å²) >= 11 is 6.45. The fraction of sp³-hybridized carbons (Fsp3) is 0.440. The van der Waals surface area contributed by atoms with Gasteiger partial charge in [-0.1, -0.05) is 49.7 Å². The molecule has 0 bridgehead atoms. The van der Waals surface area contributed by atoms with Crippen molar-refractivity contribution < 1.29 is 14.1 Å². The molecule has 0 saturated carbocycles. The number of hydrogen-bond donors (Lipinski definition) is 1. The third kappa shape index (κ3) is 4.65. The van der Waals surface area contributed by atoms with Crippen molar-refractivity contribution in [2.45, 2.75) is 58.2 Å². The standard InChI is InChI=1S/C25H28ClN5O3/c1-25(2,3)21-11-18(30-34-21)14-31-13-16-5-4-15(10-19(16)23(31)32)22-20(26)12-27-24(29-22)28-17-6-8-33-9-7-17/h4-5,10-12,17H,6-9,13-14H2,1-3H3,(H,27,28,29). The number of carbonyl (C=O) groups excluding carboxylic acids is 1. The molecule has 2 aliphatic heterocycles. The summed E-state index contributed by atoms with van der Waals surface area (Å²) in [6, 6.07) is 7.99. The fourth-order valence-corrected chi connectivity index (χ4v) is 4.44. The number of anilines is 1. The molecule has 0 atom stereocenters. The second kappa shape index (κ2) is 9.00. The van der Waals surface area contributed by atoms with Crippen molar-refractivity contribution in [2.24, 2.45) is 0 Å². The predicted molar refractivity (Wildman–Crippen MR) is 129 cm³/mol. The minimum atomic E-state index is -0.132. The summed E-state index contributed by atoms with van der Waals surface area (Å²) in [5.74, 6) is 1.29. The van der Waals surface area contributed by atoms with Crippen LogP contribution in [0.4, 0.5) is 5.95 Å². The topological polar surface area (TPSA) is 93.4 Å². The average molecular weight is 482 g/mol. The van der Waals surface area contributed by atoms with Crippen LogP contribution in [0.2, 0.25) is 5.02 Å². The van der Waals surface area contributed by atoms with Gasteiger partial charge in [0.05, 0.1) is 23.5 Å². The lowest BCUT2D eigenvalue weighted by Crippen LogP contribution is -2.28. The first-order chi connectivity index (χ1) is 16.3. The van der Waals surface area contributed by atoms with Crippen LogP contribution in [0.25, 0.3) is 11.3 Å². The molecule has 2 aromatic heterocycles. The molecule has 1 fully saturated rings. The summed E-state index contributed by atoms with van der Waals surface area (Å²) in [6.45, 7) is 8.59. The van der Waals surface area contributed by atoms with Crippen LogP contribution in [-0.2, 0) is 23.2 Å². The molecule has 1 aromatic carbocycles. The van der Waals surface area contributed by atoms with Crippen molar-refractivity contribution >= 4 is 23.5 Å². The Kier molecular flexibility index (Phi) is 6.04. The van der Waals surface area contributed by atoms with Crippen LogP contribution in [0.3, 0.4) is 0 Å². The highest BCUT2D eigenvalue weighted by Crippen LogP contribution is 2.32. The zero-order chi connectivity index (χ0) is 23.9. The van der Waals surface area contributed by atoms with E-state index in [1.54, 1.807) is 11.1 Å². The van der Waals surface area contributed by atoms with Crippen LogP contribution in [0, 0.1) is 0 Å². The Morgan fingerprint density at radius 3 is 2.74 bits per heavy atom. The molecule has 0 spiro atoms. The van der Waals surface area contributed by atoms with E-state index in [1.807, 2.05) is 24.3 Å². The number of nitrogens with zero attached hydrogens (tertiary/aromatic N) is 4. The first kappa shape index (κ1) is 22.8. The van der Waals surface area contributed by atoms with Crippen LogP contribution in [0.15, 0.2) is 35.0 Å². The van der Waals surface area contributed by atoms with Crippen molar-refractivity contribution in [3.63, 3.8) is 0 Å². The smallest absolute Gasteiger partial charge is 0.254 e. The molecular formula is C25H28ClN5O3. The third-order valence-corrected chi connectivity index (χ3v) is 6.49. The van der Waals surface area contributed by atoms with Gasteiger partial charge in [0.15, 0.2) is 0 Å². The second-order valence-corrected chi connectivity index (χ2v) is 10.3. The number of rotatable bonds is 5. The van der Waals surface area contributed by atoms with Crippen molar-refractivity contribution in [1.29, 1.82) is 0 Å².